The van der Waals surface area contributed by atoms with Gasteiger partial charge in [-0.1, -0.05) is 17.7 Å². The van der Waals surface area contributed by atoms with Crippen LogP contribution in [0.4, 0.5) is 11.4 Å². The second-order valence-electron chi connectivity index (χ2n) is 6.42. The van der Waals surface area contributed by atoms with E-state index in [9.17, 15) is 18.5 Å². The second kappa shape index (κ2) is 7.94. The van der Waals surface area contributed by atoms with Crippen LogP contribution in [0.15, 0.2) is 41.3 Å². The molecule has 0 amide bonds. The molecule has 1 saturated heterocycles. The standard InChI is InChI=1S/C18H20ClN3O5S/c1-13-3-4-14(11-16(13)19)20-7-9-21(10-8-20)28(25,26)15-5-6-18(27-2)17(12-15)22(23)24/h3-6,11-12H,7-10H2,1-2H3. The maximum atomic E-state index is 12.9. The van der Waals surface area contributed by atoms with E-state index in [4.69, 9.17) is 16.3 Å². The van der Waals surface area contributed by atoms with E-state index in [0.29, 0.717) is 18.1 Å². The minimum Gasteiger partial charge on any atom is -0.490 e. The maximum Gasteiger partial charge on any atom is 0.312 e. The lowest BCUT2D eigenvalue weighted by atomic mass is 10.2. The molecule has 1 fully saturated rings. The van der Waals surface area contributed by atoms with Crippen molar-refractivity contribution < 1.29 is 18.1 Å². The number of nitro benzene ring substituents is 1. The number of aryl methyl sites for hydroxylation is 1. The molecule has 0 N–H and O–H groups in total. The molecule has 3 rings (SSSR count). The summed E-state index contributed by atoms with van der Waals surface area (Å²) in [5.74, 6) is 0.0185. The van der Waals surface area contributed by atoms with Crippen LogP contribution in [0.1, 0.15) is 5.56 Å². The van der Waals surface area contributed by atoms with Gasteiger partial charge in [0.2, 0.25) is 10.0 Å². The molecule has 0 radical (unpaired) electrons. The molecule has 0 bridgehead atoms. The van der Waals surface area contributed by atoms with Crippen molar-refractivity contribution in [2.45, 2.75) is 11.8 Å². The number of nitro groups is 1. The first-order chi connectivity index (χ1) is 13.2. The fourth-order valence-corrected chi connectivity index (χ4v) is 4.70. The minimum absolute atomic E-state index is 0.0185. The van der Waals surface area contributed by atoms with E-state index in [1.165, 1.54) is 23.5 Å². The molecule has 8 nitrogen and oxygen atoms in total. The number of sulfonamides is 1. The van der Waals surface area contributed by atoms with Gasteiger partial charge in [-0.15, -0.1) is 0 Å². The Hall–Kier alpha value is -2.36. The number of piperazine rings is 1. The van der Waals surface area contributed by atoms with Gasteiger partial charge >= 0.3 is 5.69 Å². The van der Waals surface area contributed by atoms with Gasteiger partial charge in [-0.2, -0.15) is 4.31 Å². The van der Waals surface area contributed by atoms with Crippen LogP contribution in [-0.4, -0.2) is 50.9 Å². The first kappa shape index (κ1) is 20.4. The van der Waals surface area contributed by atoms with Crippen LogP contribution in [0.2, 0.25) is 5.02 Å². The van der Waals surface area contributed by atoms with Gasteiger partial charge in [0.25, 0.3) is 0 Å². The van der Waals surface area contributed by atoms with Crippen molar-refractivity contribution in [2.24, 2.45) is 0 Å². The molecule has 2 aromatic carbocycles. The lowest BCUT2D eigenvalue weighted by molar-refractivity contribution is -0.386. The molecule has 0 aliphatic carbocycles. The van der Waals surface area contributed by atoms with Gasteiger partial charge in [-0.25, -0.2) is 8.42 Å². The Bertz CT molecular complexity index is 1000. The molecule has 150 valence electrons. The molecular weight excluding hydrogens is 406 g/mol. The molecule has 0 unspecified atom stereocenters. The van der Waals surface area contributed by atoms with Crippen molar-refractivity contribution in [3.8, 4) is 5.75 Å². The van der Waals surface area contributed by atoms with Crippen molar-refractivity contribution in [1.82, 2.24) is 4.31 Å². The number of anilines is 1. The van der Waals surface area contributed by atoms with E-state index in [2.05, 4.69) is 4.90 Å². The van der Waals surface area contributed by atoms with E-state index in [1.54, 1.807) is 0 Å². The van der Waals surface area contributed by atoms with E-state index in [1.807, 2.05) is 25.1 Å². The Balaban J connectivity index is 1.78. The lowest BCUT2D eigenvalue weighted by Gasteiger charge is -2.35. The molecule has 2 aromatic rings. The monoisotopic (exact) mass is 425 g/mol. The molecule has 0 atom stereocenters. The van der Waals surface area contributed by atoms with Gasteiger partial charge in [-0.05, 0) is 36.8 Å². The average Bonchev–Trinajstić information content (AvgIpc) is 2.69. The zero-order valence-corrected chi connectivity index (χ0v) is 17.0. The minimum atomic E-state index is -3.84. The number of ether oxygens (including phenoxy) is 1. The zero-order valence-electron chi connectivity index (χ0n) is 15.5. The van der Waals surface area contributed by atoms with Crippen LogP contribution in [0, 0.1) is 17.0 Å². The summed E-state index contributed by atoms with van der Waals surface area (Å²) in [6.07, 6.45) is 0. The topological polar surface area (TPSA) is 93.0 Å². The van der Waals surface area contributed by atoms with Crippen molar-refractivity contribution in [2.75, 3.05) is 38.2 Å². The summed E-state index contributed by atoms with van der Waals surface area (Å²) in [4.78, 5) is 12.5. The Morgan fingerprint density at radius 1 is 1.11 bits per heavy atom. The van der Waals surface area contributed by atoms with Gasteiger partial charge in [0.1, 0.15) is 0 Å². The SMILES string of the molecule is COc1ccc(S(=O)(=O)N2CCN(c3ccc(C)c(Cl)c3)CC2)cc1[N+](=O)[O-]. The smallest absolute Gasteiger partial charge is 0.312 e. The third-order valence-electron chi connectivity index (χ3n) is 4.74. The molecule has 1 heterocycles. The van der Waals surface area contributed by atoms with E-state index in [0.717, 1.165) is 17.3 Å². The molecule has 1 aliphatic heterocycles. The molecular formula is C18H20ClN3O5S. The molecule has 0 spiro atoms. The summed E-state index contributed by atoms with van der Waals surface area (Å²) in [5.41, 5.74) is 1.54. The Morgan fingerprint density at radius 3 is 2.36 bits per heavy atom. The quantitative estimate of drug-likeness (QED) is 0.539. The number of rotatable bonds is 5. The number of halogens is 1. The predicted octanol–water partition coefficient (Wildman–Crippen LogP) is 3.08. The molecule has 0 saturated carbocycles. The fourth-order valence-electron chi connectivity index (χ4n) is 3.09. The molecule has 1 aliphatic rings. The van der Waals surface area contributed by atoms with Gasteiger partial charge in [0, 0.05) is 43.0 Å². The highest BCUT2D eigenvalue weighted by molar-refractivity contribution is 7.89. The van der Waals surface area contributed by atoms with Gasteiger partial charge in [0.05, 0.1) is 16.9 Å². The Labute approximate surface area is 168 Å². The van der Waals surface area contributed by atoms with E-state index < -0.39 is 14.9 Å². The largest absolute Gasteiger partial charge is 0.490 e. The summed E-state index contributed by atoms with van der Waals surface area (Å²) in [6, 6.07) is 9.42. The van der Waals surface area contributed by atoms with Crippen LogP contribution < -0.4 is 9.64 Å². The Kier molecular flexibility index (Phi) is 5.78. The van der Waals surface area contributed by atoms with Crippen molar-refractivity contribution in [1.29, 1.82) is 0 Å². The lowest BCUT2D eigenvalue weighted by Crippen LogP contribution is -2.48. The zero-order chi connectivity index (χ0) is 20.5. The van der Waals surface area contributed by atoms with E-state index >= 15 is 0 Å². The first-order valence-corrected chi connectivity index (χ1v) is 10.4. The van der Waals surface area contributed by atoms with Gasteiger partial charge < -0.3 is 9.64 Å². The van der Waals surface area contributed by atoms with Crippen molar-refractivity contribution in [3.05, 3.63) is 57.1 Å². The van der Waals surface area contributed by atoms with Crippen molar-refractivity contribution >= 4 is 33.0 Å². The summed E-state index contributed by atoms with van der Waals surface area (Å²) < 4.78 is 32.1. The highest BCUT2D eigenvalue weighted by Gasteiger charge is 2.30. The summed E-state index contributed by atoms with van der Waals surface area (Å²) >= 11 is 6.18. The second-order valence-corrected chi connectivity index (χ2v) is 8.76. The van der Waals surface area contributed by atoms with Crippen LogP contribution in [-0.2, 0) is 10.0 Å². The number of methoxy groups -OCH3 is 1. The molecule has 10 heteroatoms. The third kappa shape index (κ3) is 3.91. The number of hydrogen-bond acceptors (Lipinski definition) is 6. The van der Waals surface area contributed by atoms with E-state index in [-0.39, 0.29) is 29.4 Å². The van der Waals surface area contributed by atoms with Crippen LogP contribution >= 0.6 is 11.6 Å². The molecule has 28 heavy (non-hydrogen) atoms. The summed E-state index contributed by atoms with van der Waals surface area (Å²) in [7, 11) is -2.54. The van der Waals surface area contributed by atoms with Gasteiger partial charge in [-0.3, -0.25) is 10.1 Å². The average molecular weight is 426 g/mol. The van der Waals surface area contributed by atoms with Crippen LogP contribution in [0.3, 0.4) is 0 Å². The van der Waals surface area contributed by atoms with Gasteiger partial charge in [0.15, 0.2) is 5.75 Å². The summed E-state index contributed by atoms with van der Waals surface area (Å²) in [5, 5.41) is 11.9. The normalized spacial score (nSPS) is 15.5. The highest BCUT2D eigenvalue weighted by Crippen LogP contribution is 2.31. The Morgan fingerprint density at radius 2 is 1.79 bits per heavy atom. The number of hydrogen-bond donors (Lipinski definition) is 0. The molecule has 0 aromatic heterocycles. The number of nitrogens with zero attached hydrogens (tertiary/aromatic N) is 3. The third-order valence-corrected chi connectivity index (χ3v) is 7.05. The van der Waals surface area contributed by atoms with Crippen molar-refractivity contribution in [3.63, 3.8) is 0 Å². The highest BCUT2D eigenvalue weighted by atomic mass is 35.5. The van der Waals surface area contributed by atoms with Crippen LogP contribution in [0.25, 0.3) is 0 Å². The first-order valence-electron chi connectivity index (χ1n) is 8.57. The summed E-state index contributed by atoms with van der Waals surface area (Å²) in [6.45, 7) is 3.46. The predicted molar refractivity (Wildman–Crippen MR) is 107 cm³/mol. The fraction of sp³-hybridized carbons (Fsp3) is 0.333. The van der Waals surface area contributed by atoms with Crippen LogP contribution in [0.5, 0.6) is 5.75 Å². The number of benzene rings is 2. The maximum absolute atomic E-state index is 12.9.